The number of anilines is 2. The van der Waals surface area contributed by atoms with Crippen molar-refractivity contribution < 1.29 is 4.42 Å². The first kappa shape index (κ1) is 45.4. The second-order valence-electron chi connectivity index (χ2n) is 25.1. The molecule has 0 radical (unpaired) electrons. The van der Waals surface area contributed by atoms with Crippen LogP contribution < -0.4 is 15.7 Å². The highest BCUT2D eigenvalue weighted by atomic mass is 16.3. The lowest BCUT2D eigenvalue weighted by molar-refractivity contribution is 0.586. The lowest BCUT2D eigenvalue weighted by Gasteiger charge is -2.42. The molecule has 360 valence electrons. The van der Waals surface area contributed by atoms with Crippen LogP contribution in [-0.4, -0.2) is 16.0 Å². The zero-order chi connectivity index (χ0) is 50.7. The predicted octanol–water partition coefficient (Wildman–Crippen LogP) is 17.2. The highest BCUT2D eigenvalue weighted by molar-refractivity contribution is 6.93. The standard InChI is InChI=1S/C68H64BN3O/c1-65(2,3)43-28-31-48(32-29-43)72-62-59(41-22-16-13-17-23-41)63(42-24-18-14-19-25-42)73-64(62)53-36-46(68(10,11)12)38-58-60(53)69(72)54-37-45(67(7,8)9)35-52-51-40-56-50(39-57(51)71(58)61(52)54)49-34-44(66(4,5)6)30-33-55(49)70(56)47-26-20-15-21-27-47/h13-40H,1-12H3. The van der Waals surface area contributed by atoms with Gasteiger partial charge in [0.05, 0.1) is 33.3 Å². The Morgan fingerprint density at radius 1 is 0.397 bits per heavy atom. The topological polar surface area (TPSA) is 26.2 Å². The molecule has 8 aromatic carbocycles. The van der Waals surface area contributed by atoms with Crippen LogP contribution in [0.5, 0.6) is 0 Å². The van der Waals surface area contributed by atoms with Crippen LogP contribution in [0.3, 0.4) is 0 Å². The number of aromatic nitrogens is 2. The molecule has 0 spiro atoms. The first-order valence-corrected chi connectivity index (χ1v) is 26.3. The monoisotopic (exact) mass is 950 g/mol. The van der Waals surface area contributed by atoms with E-state index in [1.54, 1.807) is 0 Å². The van der Waals surface area contributed by atoms with Gasteiger partial charge >= 0.3 is 6.85 Å². The van der Waals surface area contributed by atoms with Gasteiger partial charge in [-0.3, -0.25) is 0 Å². The van der Waals surface area contributed by atoms with Crippen molar-refractivity contribution in [2.75, 3.05) is 4.81 Å². The minimum atomic E-state index is -0.194. The number of fused-ring (bicyclic) bond motifs is 10. The van der Waals surface area contributed by atoms with Crippen molar-refractivity contribution in [3.05, 3.63) is 192 Å². The van der Waals surface area contributed by atoms with Crippen LogP contribution in [0.1, 0.15) is 105 Å². The van der Waals surface area contributed by atoms with Gasteiger partial charge in [0.15, 0.2) is 5.76 Å². The second-order valence-corrected chi connectivity index (χ2v) is 25.1. The molecule has 0 aliphatic carbocycles. The summed E-state index contributed by atoms with van der Waals surface area (Å²) in [4.78, 5) is 2.66. The minimum Gasteiger partial charge on any atom is -0.453 e. The molecule has 2 aliphatic heterocycles. The molecule has 0 atom stereocenters. The first-order chi connectivity index (χ1) is 34.8. The van der Waals surface area contributed by atoms with Gasteiger partial charge in [-0.1, -0.05) is 186 Å². The minimum absolute atomic E-state index is 0.00971. The van der Waals surface area contributed by atoms with Crippen LogP contribution in [0.25, 0.3) is 88.8 Å². The highest BCUT2D eigenvalue weighted by Gasteiger charge is 2.48. The van der Waals surface area contributed by atoms with E-state index in [9.17, 15) is 0 Å². The number of para-hydroxylation sites is 1. The Bertz CT molecular complexity index is 4030. The Balaban J connectivity index is 1.23. The van der Waals surface area contributed by atoms with E-state index in [2.05, 4.69) is 267 Å². The van der Waals surface area contributed by atoms with Gasteiger partial charge in [-0.2, -0.15) is 0 Å². The van der Waals surface area contributed by atoms with Crippen LogP contribution in [0.4, 0.5) is 11.4 Å². The van der Waals surface area contributed by atoms with E-state index in [1.807, 2.05) is 0 Å². The van der Waals surface area contributed by atoms with Gasteiger partial charge in [0.1, 0.15) is 5.76 Å². The molecule has 2 aliphatic rings. The summed E-state index contributed by atoms with van der Waals surface area (Å²) in [7, 11) is 0. The van der Waals surface area contributed by atoms with Gasteiger partial charge in [-0.15, -0.1) is 0 Å². The average Bonchev–Trinajstić information content (AvgIpc) is 4.05. The summed E-state index contributed by atoms with van der Waals surface area (Å²) in [5.41, 5.74) is 21.4. The molecule has 73 heavy (non-hydrogen) atoms. The van der Waals surface area contributed by atoms with Gasteiger partial charge in [0, 0.05) is 49.7 Å². The number of hydrogen-bond acceptors (Lipinski definition) is 2. The lowest BCUT2D eigenvalue weighted by Crippen LogP contribution is -2.61. The molecule has 13 rings (SSSR count). The number of rotatable bonds is 4. The maximum absolute atomic E-state index is 7.62. The number of hydrogen-bond donors (Lipinski definition) is 0. The maximum Gasteiger partial charge on any atom is 0.333 e. The van der Waals surface area contributed by atoms with Gasteiger partial charge in [-0.05, 0) is 127 Å². The number of benzene rings is 8. The molecular formula is C68H64BN3O. The van der Waals surface area contributed by atoms with Gasteiger partial charge in [-0.25, -0.2) is 0 Å². The van der Waals surface area contributed by atoms with Crippen LogP contribution in [0.2, 0.25) is 0 Å². The number of furan rings is 1. The molecule has 0 N–H and O–H groups in total. The molecule has 4 nitrogen and oxygen atoms in total. The molecule has 0 saturated heterocycles. The van der Waals surface area contributed by atoms with Crippen molar-refractivity contribution in [1.29, 1.82) is 0 Å². The molecule has 11 aromatic rings. The van der Waals surface area contributed by atoms with E-state index in [1.165, 1.54) is 82.5 Å². The third-order valence-electron chi connectivity index (χ3n) is 16.1. The summed E-state index contributed by atoms with van der Waals surface area (Å²) < 4.78 is 12.8. The van der Waals surface area contributed by atoms with E-state index in [4.69, 9.17) is 4.42 Å². The zero-order valence-electron chi connectivity index (χ0n) is 44.5. The Morgan fingerprint density at radius 3 is 1.53 bits per heavy atom. The Labute approximate surface area is 431 Å². The summed E-state index contributed by atoms with van der Waals surface area (Å²) in [6.07, 6.45) is 0. The Morgan fingerprint density at radius 2 is 0.918 bits per heavy atom. The van der Waals surface area contributed by atoms with Gasteiger partial charge in [0.25, 0.3) is 0 Å². The maximum atomic E-state index is 7.62. The van der Waals surface area contributed by atoms with Crippen LogP contribution >= 0.6 is 0 Å². The van der Waals surface area contributed by atoms with E-state index >= 15 is 0 Å². The smallest absolute Gasteiger partial charge is 0.333 e. The SMILES string of the molecule is CC(C)(C)c1ccc(N2B3c4c(cc(C(C)(C)C)cc4-n4c5cc6c7cc(C(C)(C)C)ccc7n(-c7ccccc7)c6cc5c5cc(C(C)(C)C)cc3c54)-c3oc(-c4ccccc4)c(-c4ccccc4)c32)cc1. The van der Waals surface area contributed by atoms with E-state index in [0.29, 0.717) is 0 Å². The van der Waals surface area contributed by atoms with Crippen molar-refractivity contribution in [3.63, 3.8) is 0 Å². The fourth-order valence-corrected chi connectivity index (χ4v) is 12.1. The quantitative estimate of drug-likeness (QED) is 0.164. The fraction of sp³-hybridized carbons (Fsp3) is 0.235. The van der Waals surface area contributed by atoms with Crippen molar-refractivity contribution in [2.24, 2.45) is 0 Å². The summed E-state index contributed by atoms with van der Waals surface area (Å²) >= 11 is 0. The Hall–Kier alpha value is -7.50. The van der Waals surface area contributed by atoms with E-state index < -0.39 is 0 Å². The van der Waals surface area contributed by atoms with Crippen molar-refractivity contribution in [2.45, 2.75) is 105 Å². The van der Waals surface area contributed by atoms with E-state index in [0.717, 1.165) is 50.8 Å². The molecule has 0 fully saturated rings. The average molecular weight is 950 g/mol. The molecule has 0 unspecified atom stereocenters. The molecule has 0 saturated carbocycles. The molecular weight excluding hydrogens is 886 g/mol. The normalized spacial score (nSPS) is 13.7. The summed E-state index contributed by atoms with van der Waals surface area (Å²) in [5.74, 6) is 1.79. The van der Waals surface area contributed by atoms with Crippen molar-refractivity contribution >= 4 is 72.8 Å². The van der Waals surface area contributed by atoms with Crippen molar-refractivity contribution in [1.82, 2.24) is 9.13 Å². The summed E-state index contributed by atoms with van der Waals surface area (Å²) in [5, 5.41) is 5.06. The highest BCUT2D eigenvalue weighted by Crippen LogP contribution is 2.55. The number of nitrogens with zero attached hydrogens (tertiary/aromatic N) is 3. The zero-order valence-corrected chi connectivity index (χ0v) is 44.5. The van der Waals surface area contributed by atoms with E-state index in [-0.39, 0.29) is 28.5 Å². The van der Waals surface area contributed by atoms with Crippen molar-refractivity contribution in [3.8, 4) is 45.1 Å². The second kappa shape index (κ2) is 15.5. The molecule has 0 bridgehead atoms. The summed E-state index contributed by atoms with van der Waals surface area (Å²) in [6, 6.07) is 64.3. The molecule has 0 amide bonds. The fourth-order valence-electron chi connectivity index (χ4n) is 12.1. The predicted molar refractivity (Wildman–Crippen MR) is 312 cm³/mol. The largest absolute Gasteiger partial charge is 0.453 e. The molecule has 3 aromatic heterocycles. The Kier molecular flexibility index (Phi) is 9.64. The van der Waals surface area contributed by atoms with Gasteiger partial charge < -0.3 is 18.4 Å². The molecule has 5 heterocycles. The summed E-state index contributed by atoms with van der Waals surface area (Å²) in [6.45, 7) is 27.8. The first-order valence-electron chi connectivity index (χ1n) is 26.3. The lowest BCUT2D eigenvalue weighted by atomic mass is 9.43. The van der Waals surface area contributed by atoms with Crippen LogP contribution in [0, 0.1) is 0 Å². The van der Waals surface area contributed by atoms with Crippen LogP contribution in [-0.2, 0) is 21.7 Å². The molecule has 5 heteroatoms. The van der Waals surface area contributed by atoms with Gasteiger partial charge in [0.2, 0.25) is 0 Å². The third-order valence-corrected chi connectivity index (χ3v) is 16.1. The van der Waals surface area contributed by atoms with Crippen LogP contribution in [0.15, 0.2) is 174 Å². The third kappa shape index (κ3) is 6.87.